The average Bonchev–Trinajstić information content (AvgIpc) is 3.29. The average molecular weight is 556 g/mol. The SMILES string of the molecule is C[C@H](COc1nccc2ccc([N+](=O)[O-])cc12)NC(=O)c1cnc2c(N(C)C(=O)OC(C)(C)C)cc(Cl)nn12. The maximum atomic E-state index is 13.1. The lowest BCUT2D eigenvalue weighted by Gasteiger charge is -2.24. The fourth-order valence-corrected chi connectivity index (χ4v) is 3.83. The van der Waals surface area contributed by atoms with E-state index in [0.29, 0.717) is 11.1 Å². The van der Waals surface area contributed by atoms with Crippen molar-refractivity contribution in [3.8, 4) is 5.88 Å². The van der Waals surface area contributed by atoms with Gasteiger partial charge in [0.25, 0.3) is 11.6 Å². The molecule has 39 heavy (non-hydrogen) atoms. The van der Waals surface area contributed by atoms with Crippen molar-refractivity contribution in [3.63, 3.8) is 0 Å². The van der Waals surface area contributed by atoms with Gasteiger partial charge in [-0.1, -0.05) is 11.6 Å². The summed E-state index contributed by atoms with van der Waals surface area (Å²) in [5.41, 5.74) is -0.193. The number of carbonyl (C=O) groups is 2. The van der Waals surface area contributed by atoms with Crippen molar-refractivity contribution in [2.45, 2.75) is 39.3 Å². The molecule has 1 N–H and O–H groups in total. The molecule has 0 saturated carbocycles. The number of benzene rings is 1. The van der Waals surface area contributed by atoms with Crippen LogP contribution in [-0.2, 0) is 4.74 Å². The van der Waals surface area contributed by atoms with E-state index in [1.54, 1.807) is 39.8 Å². The number of rotatable bonds is 7. The van der Waals surface area contributed by atoms with Crippen LogP contribution in [-0.4, -0.2) is 61.8 Å². The number of nitrogens with one attached hydrogen (secondary N) is 1. The molecule has 0 aliphatic rings. The molecule has 3 heterocycles. The second-order valence-corrected chi connectivity index (χ2v) is 10.1. The third kappa shape index (κ3) is 6.14. The molecule has 0 aliphatic carbocycles. The lowest BCUT2D eigenvalue weighted by Crippen LogP contribution is -2.37. The Bertz CT molecular complexity index is 1580. The van der Waals surface area contributed by atoms with E-state index >= 15 is 0 Å². The molecular formula is C25H26ClN7O6. The molecule has 0 unspecified atom stereocenters. The summed E-state index contributed by atoms with van der Waals surface area (Å²) in [5.74, 6) is -0.309. The van der Waals surface area contributed by atoms with E-state index in [9.17, 15) is 19.7 Å². The zero-order valence-corrected chi connectivity index (χ0v) is 22.6. The van der Waals surface area contributed by atoms with E-state index in [1.165, 1.54) is 47.1 Å². The Morgan fingerprint density at radius 3 is 2.67 bits per heavy atom. The Morgan fingerprint density at radius 2 is 1.97 bits per heavy atom. The zero-order valence-electron chi connectivity index (χ0n) is 21.8. The molecule has 0 radical (unpaired) electrons. The van der Waals surface area contributed by atoms with E-state index < -0.39 is 28.6 Å². The van der Waals surface area contributed by atoms with Gasteiger partial charge in [0.1, 0.15) is 12.2 Å². The van der Waals surface area contributed by atoms with Gasteiger partial charge < -0.3 is 14.8 Å². The van der Waals surface area contributed by atoms with Crippen LogP contribution >= 0.6 is 11.6 Å². The standard InChI is InChI=1S/C25H26ClN7O6/c1-14(13-38-23-17-10-16(33(36)37)7-6-15(17)8-9-27-23)29-22(34)19-12-28-21-18(11-20(26)30-32(19)21)31(5)24(35)39-25(2,3)4/h6-12,14H,13H2,1-5H3,(H,29,34)/t14-/m1/s1. The van der Waals surface area contributed by atoms with Gasteiger partial charge in [-0.25, -0.2) is 19.3 Å². The van der Waals surface area contributed by atoms with Crippen LogP contribution in [0.4, 0.5) is 16.2 Å². The van der Waals surface area contributed by atoms with Crippen LogP contribution in [0.25, 0.3) is 16.4 Å². The zero-order chi connectivity index (χ0) is 28.5. The summed E-state index contributed by atoms with van der Waals surface area (Å²) in [6.45, 7) is 6.99. The van der Waals surface area contributed by atoms with Crippen LogP contribution in [0.2, 0.25) is 5.15 Å². The number of aromatic nitrogens is 4. The van der Waals surface area contributed by atoms with Gasteiger partial charge in [-0.05, 0) is 45.2 Å². The van der Waals surface area contributed by atoms with Crippen LogP contribution in [0, 0.1) is 10.1 Å². The summed E-state index contributed by atoms with van der Waals surface area (Å²) in [4.78, 5) is 46.0. The summed E-state index contributed by atoms with van der Waals surface area (Å²) in [6.07, 6.45) is 2.23. The minimum Gasteiger partial charge on any atom is -0.475 e. The van der Waals surface area contributed by atoms with Crippen LogP contribution in [0.5, 0.6) is 5.88 Å². The van der Waals surface area contributed by atoms with Crippen molar-refractivity contribution in [1.82, 2.24) is 24.9 Å². The first kappa shape index (κ1) is 27.5. The number of imidazole rings is 1. The maximum absolute atomic E-state index is 13.1. The number of nitrogens with zero attached hydrogens (tertiary/aromatic N) is 6. The number of ether oxygens (including phenoxy) is 2. The van der Waals surface area contributed by atoms with E-state index in [4.69, 9.17) is 21.1 Å². The Balaban J connectivity index is 1.50. The maximum Gasteiger partial charge on any atom is 0.414 e. The number of non-ortho nitro benzene ring substituents is 1. The van der Waals surface area contributed by atoms with Gasteiger partial charge in [0.15, 0.2) is 16.5 Å². The molecule has 2 amide bonds. The van der Waals surface area contributed by atoms with E-state index in [-0.39, 0.29) is 34.7 Å². The second-order valence-electron chi connectivity index (χ2n) is 9.73. The van der Waals surface area contributed by atoms with Crippen LogP contribution < -0.4 is 15.0 Å². The highest BCUT2D eigenvalue weighted by atomic mass is 35.5. The summed E-state index contributed by atoms with van der Waals surface area (Å²) in [7, 11) is 1.50. The van der Waals surface area contributed by atoms with E-state index in [1.807, 2.05) is 0 Å². The summed E-state index contributed by atoms with van der Waals surface area (Å²) >= 11 is 6.20. The quantitative estimate of drug-likeness (QED) is 0.258. The molecule has 0 aliphatic heterocycles. The predicted octanol–water partition coefficient (Wildman–Crippen LogP) is 4.41. The van der Waals surface area contributed by atoms with Crippen molar-refractivity contribution in [2.75, 3.05) is 18.6 Å². The van der Waals surface area contributed by atoms with Crippen molar-refractivity contribution in [3.05, 3.63) is 63.7 Å². The fraction of sp³-hybridized carbons (Fsp3) is 0.320. The molecule has 204 valence electrons. The van der Waals surface area contributed by atoms with Gasteiger partial charge in [0.2, 0.25) is 5.88 Å². The number of halogens is 1. The second kappa shape index (κ2) is 10.7. The number of carbonyl (C=O) groups excluding carboxylic acids is 2. The van der Waals surface area contributed by atoms with Crippen LogP contribution in [0.3, 0.4) is 0 Å². The van der Waals surface area contributed by atoms with Gasteiger partial charge >= 0.3 is 6.09 Å². The molecule has 4 rings (SSSR count). The number of nitro benzene ring substituents is 1. The smallest absolute Gasteiger partial charge is 0.414 e. The lowest BCUT2D eigenvalue weighted by molar-refractivity contribution is -0.384. The molecule has 0 bridgehead atoms. The highest BCUT2D eigenvalue weighted by molar-refractivity contribution is 6.29. The van der Waals surface area contributed by atoms with Gasteiger partial charge in [0, 0.05) is 31.4 Å². The number of fused-ring (bicyclic) bond motifs is 2. The number of anilines is 1. The highest BCUT2D eigenvalue weighted by Gasteiger charge is 2.25. The third-order valence-electron chi connectivity index (χ3n) is 5.45. The van der Waals surface area contributed by atoms with E-state index in [2.05, 4.69) is 20.4 Å². The summed E-state index contributed by atoms with van der Waals surface area (Å²) in [6, 6.07) is 7.08. The molecule has 4 aromatic rings. The number of hydrogen-bond acceptors (Lipinski definition) is 9. The van der Waals surface area contributed by atoms with Gasteiger partial charge in [-0.3, -0.25) is 19.8 Å². The molecule has 14 heteroatoms. The van der Waals surface area contributed by atoms with Gasteiger partial charge in [-0.15, -0.1) is 0 Å². The summed E-state index contributed by atoms with van der Waals surface area (Å²) < 4.78 is 12.4. The Hall–Kier alpha value is -4.52. The first-order chi connectivity index (χ1) is 18.3. The van der Waals surface area contributed by atoms with Crippen molar-refractivity contribution in [2.24, 2.45) is 0 Å². The molecule has 0 fully saturated rings. The van der Waals surface area contributed by atoms with Gasteiger partial charge in [0.05, 0.1) is 28.2 Å². The van der Waals surface area contributed by atoms with E-state index in [0.717, 1.165) is 5.39 Å². The Morgan fingerprint density at radius 1 is 1.23 bits per heavy atom. The number of amides is 2. The number of hydrogen-bond donors (Lipinski definition) is 1. The molecule has 1 atom stereocenters. The molecule has 1 aromatic carbocycles. The first-order valence-corrected chi connectivity index (χ1v) is 12.2. The van der Waals surface area contributed by atoms with Crippen LogP contribution in [0.1, 0.15) is 38.2 Å². The minimum absolute atomic E-state index is 0.0259. The van der Waals surface area contributed by atoms with Crippen LogP contribution in [0.15, 0.2) is 42.7 Å². The minimum atomic E-state index is -0.715. The van der Waals surface area contributed by atoms with Crippen molar-refractivity contribution in [1.29, 1.82) is 0 Å². The largest absolute Gasteiger partial charge is 0.475 e. The number of nitro groups is 1. The monoisotopic (exact) mass is 555 g/mol. The topological polar surface area (TPSA) is 154 Å². The van der Waals surface area contributed by atoms with Crippen molar-refractivity contribution < 1.29 is 24.0 Å². The molecular weight excluding hydrogens is 530 g/mol. The normalized spacial score (nSPS) is 12.3. The fourth-order valence-electron chi connectivity index (χ4n) is 3.66. The Labute approximate surface area is 227 Å². The van der Waals surface area contributed by atoms with Crippen molar-refractivity contribution >= 4 is 51.4 Å². The van der Waals surface area contributed by atoms with Gasteiger partial charge in [-0.2, -0.15) is 5.10 Å². The molecule has 3 aromatic heterocycles. The number of pyridine rings is 1. The molecule has 0 saturated heterocycles. The predicted molar refractivity (Wildman–Crippen MR) is 143 cm³/mol. The molecule has 13 nitrogen and oxygen atoms in total. The highest BCUT2D eigenvalue weighted by Crippen LogP contribution is 2.28. The first-order valence-electron chi connectivity index (χ1n) is 11.8. The third-order valence-corrected chi connectivity index (χ3v) is 5.64. The molecule has 0 spiro atoms. The lowest BCUT2D eigenvalue weighted by atomic mass is 10.1. The Kier molecular flexibility index (Phi) is 7.54. The summed E-state index contributed by atoms with van der Waals surface area (Å²) in [5, 5.41) is 19.4.